The molecule has 0 atom stereocenters. The highest BCUT2D eigenvalue weighted by Gasteiger charge is 2.18. The third-order valence-electron chi connectivity index (χ3n) is 1.92. The zero-order valence-corrected chi connectivity index (χ0v) is 11.3. The molecule has 0 amide bonds. The molecule has 17 heavy (non-hydrogen) atoms. The van der Waals surface area contributed by atoms with Crippen LogP contribution < -0.4 is 9.05 Å². The monoisotopic (exact) mass is 284 g/mol. The van der Waals surface area contributed by atoms with Crippen LogP contribution in [0.2, 0.25) is 0 Å². The molecule has 2 aromatic carbocycles. The Labute approximate surface area is 110 Å². The van der Waals surface area contributed by atoms with Crippen LogP contribution in [0.25, 0.3) is 0 Å². The summed E-state index contributed by atoms with van der Waals surface area (Å²) in [5.74, 6) is -1.61. The molecule has 0 aliphatic rings. The normalized spacial score (nSPS) is 10.9. The lowest BCUT2D eigenvalue weighted by atomic mass is 10.3. The van der Waals surface area contributed by atoms with Crippen LogP contribution >= 0.6 is 17.1 Å². The van der Waals surface area contributed by atoms with Crippen molar-refractivity contribution >= 4 is 28.9 Å². The molecule has 0 unspecified atom stereocenters. The number of halogens is 1. The van der Waals surface area contributed by atoms with E-state index in [1.165, 1.54) is 0 Å². The second-order valence-corrected chi connectivity index (χ2v) is 7.84. The predicted molar refractivity (Wildman–Crippen MR) is 74.3 cm³/mol. The van der Waals surface area contributed by atoms with Crippen molar-refractivity contribution in [2.75, 3.05) is 0 Å². The maximum Gasteiger partial charge on any atom is 0.384 e. The van der Waals surface area contributed by atoms with Crippen LogP contribution in [-0.2, 0) is 11.8 Å². The van der Waals surface area contributed by atoms with E-state index in [0.29, 0.717) is 11.5 Å². The molecule has 0 heterocycles. The SMILES string of the molecule is S=P(Cl)(Oc1ccccc1)Oc1ccccc1. The molecular weight excluding hydrogens is 275 g/mol. The minimum atomic E-state index is -2.83. The Morgan fingerprint density at radius 2 is 1.12 bits per heavy atom. The summed E-state index contributed by atoms with van der Waals surface area (Å²) in [7, 11) is 0. The molecule has 0 aliphatic heterocycles. The summed E-state index contributed by atoms with van der Waals surface area (Å²) in [4.78, 5) is 0. The quantitative estimate of drug-likeness (QED) is 0.764. The van der Waals surface area contributed by atoms with Crippen molar-refractivity contribution in [2.24, 2.45) is 0 Å². The Bertz CT molecular complexity index is 473. The fourth-order valence-corrected chi connectivity index (χ4v) is 3.01. The van der Waals surface area contributed by atoms with Gasteiger partial charge in [-0.15, -0.1) is 0 Å². The molecule has 88 valence electrons. The van der Waals surface area contributed by atoms with Crippen molar-refractivity contribution in [1.82, 2.24) is 0 Å². The number of hydrogen-bond acceptors (Lipinski definition) is 3. The minimum Gasteiger partial charge on any atom is -0.425 e. The van der Waals surface area contributed by atoms with E-state index in [9.17, 15) is 0 Å². The predicted octanol–water partition coefficient (Wildman–Crippen LogP) is 4.61. The zero-order valence-electron chi connectivity index (χ0n) is 8.82. The summed E-state index contributed by atoms with van der Waals surface area (Å²) in [5.41, 5.74) is 0. The first-order valence-corrected chi connectivity index (χ1v) is 8.49. The summed E-state index contributed by atoms with van der Waals surface area (Å²) >= 11 is 11.2. The fourth-order valence-electron chi connectivity index (χ4n) is 1.23. The van der Waals surface area contributed by atoms with E-state index in [4.69, 9.17) is 32.1 Å². The lowest BCUT2D eigenvalue weighted by Gasteiger charge is -2.16. The molecule has 2 rings (SSSR count). The van der Waals surface area contributed by atoms with Gasteiger partial charge in [-0.1, -0.05) is 36.4 Å². The van der Waals surface area contributed by atoms with Gasteiger partial charge >= 0.3 is 5.84 Å². The van der Waals surface area contributed by atoms with E-state index in [-0.39, 0.29) is 0 Å². The summed E-state index contributed by atoms with van der Waals surface area (Å²) < 4.78 is 10.9. The largest absolute Gasteiger partial charge is 0.425 e. The number of para-hydroxylation sites is 2. The first-order valence-electron chi connectivity index (χ1n) is 4.95. The molecule has 2 aromatic rings. The summed E-state index contributed by atoms with van der Waals surface area (Å²) in [5, 5.41) is 0. The van der Waals surface area contributed by atoms with E-state index in [0.717, 1.165) is 0 Å². The first kappa shape index (κ1) is 12.4. The second kappa shape index (κ2) is 5.54. The topological polar surface area (TPSA) is 18.5 Å². The standard InChI is InChI=1S/C12H10ClO2PS/c13-16(17,14-11-7-3-1-4-8-11)15-12-9-5-2-6-10-12/h1-10H. The zero-order chi connectivity index (χ0) is 12.1. The fraction of sp³-hybridized carbons (Fsp3) is 0. The van der Waals surface area contributed by atoms with E-state index >= 15 is 0 Å². The highest BCUT2D eigenvalue weighted by Crippen LogP contribution is 2.53. The first-order chi connectivity index (χ1) is 8.16. The van der Waals surface area contributed by atoms with E-state index < -0.39 is 5.84 Å². The molecule has 0 N–H and O–H groups in total. The Balaban J connectivity index is 2.07. The van der Waals surface area contributed by atoms with Gasteiger partial charge < -0.3 is 9.05 Å². The third-order valence-corrected chi connectivity index (χ3v) is 3.63. The maximum atomic E-state index is 6.09. The van der Waals surface area contributed by atoms with Gasteiger partial charge in [-0.3, -0.25) is 0 Å². The smallest absolute Gasteiger partial charge is 0.384 e. The Kier molecular flexibility index (Phi) is 4.06. The van der Waals surface area contributed by atoms with Gasteiger partial charge in [0, 0.05) is 11.8 Å². The van der Waals surface area contributed by atoms with Crippen molar-refractivity contribution in [2.45, 2.75) is 0 Å². The lowest BCUT2D eigenvalue weighted by molar-refractivity contribution is 0.505. The van der Waals surface area contributed by atoms with Crippen molar-refractivity contribution in [1.29, 1.82) is 0 Å². The summed E-state index contributed by atoms with van der Waals surface area (Å²) in [6.45, 7) is 0. The molecule has 0 saturated heterocycles. The number of hydrogen-bond donors (Lipinski definition) is 0. The maximum absolute atomic E-state index is 6.09. The Morgan fingerprint density at radius 3 is 1.47 bits per heavy atom. The van der Waals surface area contributed by atoms with E-state index in [2.05, 4.69) is 0 Å². The van der Waals surface area contributed by atoms with Gasteiger partial charge in [0.15, 0.2) is 0 Å². The van der Waals surface area contributed by atoms with Gasteiger partial charge in [0.25, 0.3) is 0 Å². The minimum absolute atomic E-state index is 0.613. The van der Waals surface area contributed by atoms with Crippen LogP contribution in [-0.4, -0.2) is 0 Å². The molecular formula is C12H10ClO2PS. The van der Waals surface area contributed by atoms with Crippen LogP contribution in [0.15, 0.2) is 60.7 Å². The molecule has 0 aromatic heterocycles. The van der Waals surface area contributed by atoms with Crippen molar-refractivity contribution in [3.05, 3.63) is 60.7 Å². The van der Waals surface area contributed by atoms with Crippen molar-refractivity contribution in [3.63, 3.8) is 0 Å². The van der Waals surface area contributed by atoms with Gasteiger partial charge in [-0.2, -0.15) is 0 Å². The molecule has 5 heteroatoms. The van der Waals surface area contributed by atoms with Crippen LogP contribution in [0, 0.1) is 0 Å². The third kappa shape index (κ3) is 4.04. The average Bonchev–Trinajstić information content (AvgIpc) is 2.30. The lowest BCUT2D eigenvalue weighted by Crippen LogP contribution is -1.94. The van der Waals surface area contributed by atoms with Crippen LogP contribution in [0.5, 0.6) is 11.5 Å². The molecule has 0 bridgehead atoms. The summed E-state index contributed by atoms with van der Waals surface area (Å²) in [6, 6.07) is 18.3. The highest BCUT2D eigenvalue weighted by molar-refractivity contribution is 8.22. The number of rotatable bonds is 4. The van der Waals surface area contributed by atoms with Gasteiger partial charge in [-0.05, 0) is 35.5 Å². The molecule has 0 saturated carbocycles. The van der Waals surface area contributed by atoms with Crippen LogP contribution in [0.1, 0.15) is 0 Å². The van der Waals surface area contributed by atoms with Crippen molar-refractivity contribution in [3.8, 4) is 11.5 Å². The number of benzene rings is 2. The van der Waals surface area contributed by atoms with E-state index in [1.807, 2.05) is 36.4 Å². The molecule has 0 aliphatic carbocycles. The van der Waals surface area contributed by atoms with Gasteiger partial charge in [-0.25, -0.2) is 0 Å². The van der Waals surface area contributed by atoms with Crippen LogP contribution in [0.3, 0.4) is 0 Å². The Morgan fingerprint density at radius 1 is 0.765 bits per heavy atom. The highest BCUT2D eigenvalue weighted by atomic mass is 35.7. The second-order valence-electron chi connectivity index (χ2n) is 3.24. The summed E-state index contributed by atoms with van der Waals surface area (Å²) in [6.07, 6.45) is 0. The Hall–Kier alpha value is -1.02. The molecule has 2 nitrogen and oxygen atoms in total. The van der Waals surface area contributed by atoms with Gasteiger partial charge in [0.2, 0.25) is 0 Å². The van der Waals surface area contributed by atoms with Crippen molar-refractivity contribution < 1.29 is 9.05 Å². The van der Waals surface area contributed by atoms with Crippen LogP contribution in [0.4, 0.5) is 0 Å². The van der Waals surface area contributed by atoms with Gasteiger partial charge in [0.05, 0.1) is 0 Å². The average molecular weight is 285 g/mol. The molecule has 0 spiro atoms. The molecule has 0 radical (unpaired) electrons. The molecule has 0 fully saturated rings. The van der Waals surface area contributed by atoms with Gasteiger partial charge in [0.1, 0.15) is 11.5 Å². The van der Waals surface area contributed by atoms with E-state index in [1.54, 1.807) is 24.3 Å².